The van der Waals surface area contributed by atoms with Gasteiger partial charge < -0.3 is 22.5 Å². The zero-order valence-corrected chi connectivity index (χ0v) is 7.05. The summed E-state index contributed by atoms with van der Waals surface area (Å²) < 4.78 is 0. The summed E-state index contributed by atoms with van der Waals surface area (Å²) >= 11 is 0. The van der Waals surface area contributed by atoms with Crippen molar-refractivity contribution in [2.24, 2.45) is 17.2 Å². The monoisotopic (exact) mass is 160 g/mol. The van der Waals surface area contributed by atoms with Crippen molar-refractivity contribution in [3.05, 3.63) is 0 Å². The van der Waals surface area contributed by atoms with Crippen LogP contribution in [-0.4, -0.2) is 25.8 Å². The van der Waals surface area contributed by atoms with Crippen LogP contribution in [0.25, 0.3) is 0 Å². The summed E-state index contributed by atoms with van der Waals surface area (Å²) in [5.74, 6) is 0. The van der Waals surface area contributed by atoms with Crippen LogP contribution in [0.4, 0.5) is 0 Å². The second kappa shape index (κ2) is 7.94. The SMILES string of the molecule is NCCCCNC(N)CCN. The Morgan fingerprint density at radius 1 is 1.09 bits per heavy atom. The highest BCUT2D eigenvalue weighted by atomic mass is 15.0. The molecule has 4 nitrogen and oxygen atoms in total. The summed E-state index contributed by atoms with van der Waals surface area (Å²) in [5, 5.41) is 3.16. The fourth-order valence-corrected chi connectivity index (χ4v) is 0.838. The summed E-state index contributed by atoms with van der Waals surface area (Å²) in [7, 11) is 0. The van der Waals surface area contributed by atoms with Crippen LogP contribution in [0, 0.1) is 0 Å². The van der Waals surface area contributed by atoms with Crippen molar-refractivity contribution in [1.82, 2.24) is 5.32 Å². The molecule has 0 bridgehead atoms. The Balaban J connectivity index is 2.97. The van der Waals surface area contributed by atoms with Crippen LogP contribution in [0.15, 0.2) is 0 Å². The van der Waals surface area contributed by atoms with Crippen molar-refractivity contribution in [1.29, 1.82) is 0 Å². The van der Waals surface area contributed by atoms with Gasteiger partial charge in [-0.3, -0.25) is 0 Å². The molecule has 7 N–H and O–H groups in total. The Morgan fingerprint density at radius 3 is 2.36 bits per heavy atom. The van der Waals surface area contributed by atoms with Gasteiger partial charge in [0.15, 0.2) is 0 Å². The lowest BCUT2D eigenvalue weighted by atomic mass is 10.3. The Hall–Kier alpha value is -0.160. The van der Waals surface area contributed by atoms with E-state index < -0.39 is 0 Å². The first-order valence-electron chi connectivity index (χ1n) is 4.20. The highest BCUT2D eigenvalue weighted by Gasteiger charge is 1.97. The van der Waals surface area contributed by atoms with Crippen LogP contribution in [0.2, 0.25) is 0 Å². The third kappa shape index (κ3) is 7.74. The van der Waals surface area contributed by atoms with Gasteiger partial charge >= 0.3 is 0 Å². The molecule has 68 valence electrons. The molecule has 4 heteroatoms. The van der Waals surface area contributed by atoms with Crippen LogP contribution in [0.1, 0.15) is 19.3 Å². The molecule has 0 fully saturated rings. The number of hydrogen-bond donors (Lipinski definition) is 4. The van der Waals surface area contributed by atoms with Crippen LogP contribution in [0.3, 0.4) is 0 Å². The number of nitrogens with one attached hydrogen (secondary N) is 1. The second-order valence-electron chi connectivity index (χ2n) is 2.63. The molecule has 0 rings (SSSR count). The standard InChI is InChI=1S/C7H20N4/c8-4-1-2-6-11-7(10)3-5-9/h7,11H,1-6,8-10H2. The zero-order chi connectivity index (χ0) is 8.53. The van der Waals surface area contributed by atoms with Crippen LogP contribution in [0.5, 0.6) is 0 Å². The van der Waals surface area contributed by atoms with Gasteiger partial charge in [0, 0.05) is 0 Å². The third-order valence-electron chi connectivity index (χ3n) is 1.52. The van der Waals surface area contributed by atoms with Gasteiger partial charge in [0.1, 0.15) is 0 Å². The van der Waals surface area contributed by atoms with Gasteiger partial charge in [-0.2, -0.15) is 0 Å². The third-order valence-corrected chi connectivity index (χ3v) is 1.52. The van der Waals surface area contributed by atoms with Gasteiger partial charge in [-0.1, -0.05) is 0 Å². The largest absolute Gasteiger partial charge is 0.330 e. The molecule has 0 radical (unpaired) electrons. The number of rotatable bonds is 7. The first-order chi connectivity index (χ1) is 5.31. The lowest BCUT2D eigenvalue weighted by molar-refractivity contribution is 0.489. The van der Waals surface area contributed by atoms with Crippen molar-refractivity contribution < 1.29 is 0 Å². The normalized spacial score (nSPS) is 13.4. The maximum absolute atomic E-state index is 5.64. The summed E-state index contributed by atoms with van der Waals surface area (Å²) in [6.07, 6.45) is 3.04. The van der Waals surface area contributed by atoms with Crippen molar-refractivity contribution in [3.8, 4) is 0 Å². The molecule has 11 heavy (non-hydrogen) atoms. The van der Waals surface area contributed by atoms with E-state index in [0.29, 0.717) is 6.54 Å². The lowest BCUT2D eigenvalue weighted by Gasteiger charge is -2.11. The second-order valence-corrected chi connectivity index (χ2v) is 2.63. The van der Waals surface area contributed by atoms with E-state index in [-0.39, 0.29) is 6.17 Å². The molecule has 1 atom stereocenters. The molecule has 0 aliphatic carbocycles. The number of unbranched alkanes of at least 4 members (excludes halogenated alkanes) is 1. The topological polar surface area (TPSA) is 90.1 Å². The molecule has 0 aromatic rings. The van der Waals surface area contributed by atoms with Crippen LogP contribution < -0.4 is 22.5 Å². The molecule has 1 unspecified atom stereocenters. The van der Waals surface area contributed by atoms with Gasteiger partial charge in [-0.25, -0.2) is 0 Å². The first kappa shape index (κ1) is 10.8. The number of hydrogen-bond acceptors (Lipinski definition) is 4. The quantitative estimate of drug-likeness (QED) is 0.282. The molecule has 0 aliphatic heterocycles. The van der Waals surface area contributed by atoms with Crippen molar-refractivity contribution >= 4 is 0 Å². The van der Waals surface area contributed by atoms with E-state index in [2.05, 4.69) is 5.32 Å². The van der Waals surface area contributed by atoms with E-state index in [9.17, 15) is 0 Å². The summed E-state index contributed by atoms with van der Waals surface area (Å²) in [4.78, 5) is 0. The van der Waals surface area contributed by atoms with Gasteiger partial charge in [0.25, 0.3) is 0 Å². The maximum atomic E-state index is 5.64. The first-order valence-corrected chi connectivity index (χ1v) is 4.20. The maximum Gasteiger partial charge on any atom is 0.0558 e. The van der Waals surface area contributed by atoms with E-state index in [1.54, 1.807) is 0 Å². The molecule has 0 aromatic heterocycles. The summed E-state index contributed by atoms with van der Waals surface area (Å²) in [5.41, 5.74) is 16.3. The van der Waals surface area contributed by atoms with Crippen LogP contribution in [-0.2, 0) is 0 Å². The Labute approximate surface area is 68.5 Å². The fraction of sp³-hybridized carbons (Fsp3) is 1.00. The average Bonchev–Trinajstić information content (AvgIpc) is 1.99. The molecule has 0 aliphatic rings. The molecule has 0 aromatic carbocycles. The highest BCUT2D eigenvalue weighted by molar-refractivity contribution is 4.58. The molecular weight excluding hydrogens is 140 g/mol. The molecule has 0 amide bonds. The minimum absolute atomic E-state index is 0.0535. The van der Waals surface area contributed by atoms with Gasteiger partial charge in [-0.15, -0.1) is 0 Å². The smallest absolute Gasteiger partial charge is 0.0558 e. The molecule has 0 heterocycles. The minimum atomic E-state index is 0.0535. The van der Waals surface area contributed by atoms with Crippen molar-refractivity contribution in [3.63, 3.8) is 0 Å². The van der Waals surface area contributed by atoms with Gasteiger partial charge in [0.2, 0.25) is 0 Å². The summed E-state index contributed by atoms with van der Waals surface area (Å²) in [6, 6.07) is 0. The van der Waals surface area contributed by atoms with E-state index >= 15 is 0 Å². The Bertz CT molecular complexity index is 76.8. The Morgan fingerprint density at radius 2 is 1.82 bits per heavy atom. The lowest BCUT2D eigenvalue weighted by Crippen LogP contribution is -2.39. The summed E-state index contributed by atoms with van der Waals surface area (Å²) in [6.45, 7) is 2.34. The van der Waals surface area contributed by atoms with Crippen LogP contribution >= 0.6 is 0 Å². The average molecular weight is 160 g/mol. The van der Waals surface area contributed by atoms with Gasteiger partial charge in [-0.05, 0) is 38.9 Å². The highest BCUT2D eigenvalue weighted by Crippen LogP contribution is 1.85. The van der Waals surface area contributed by atoms with Gasteiger partial charge in [0.05, 0.1) is 6.17 Å². The Kier molecular flexibility index (Phi) is 7.83. The predicted octanol–water partition coefficient (Wildman–Crippen LogP) is -1.05. The van der Waals surface area contributed by atoms with Crippen molar-refractivity contribution in [2.75, 3.05) is 19.6 Å². The van der Waals surface area contributed by atoms with E-state index in [1.165, 1.54) is 0 Å². The van der Waals surface area contributed by atoms with Crippen molar-refractivity contribution in [2.45, 2.75) is 25.4 Å². The minimum Gasteiger partial charge on any atom is -0.330 e. The molecule has 0 saturated heterocycles. The molecule has 0 saturated carbocycles. The molecular formula is C7H20N4. The number of nitrogens with two attached hydrogens (primary N) is 3. The predicted molar refractivity (Wildman–Crippen MR) is 47.9 cm³/mol. The fourth-order valence-electron chi connectivity index (χ4n) is 0.838. The zero-order valence-electron chi connectivity index (χ0n) is 7.05. The van der Waals surface area contributed by atoms with E-state index in [4.69, 9.17) is 17.2 Å². The van der Waals surface area contributed by atoms with E-state index in [0.717, 1.165) is 32.4 Å². The van der Waals surface area contributed by atoms with E-state index in [1.807, 2.05) is 0 Å². The molecule has 0 spiro atoms.